The zero-order valence-electron chi connectivity index (χ0n) is 13.3. The Kier molecular flexibility index (Phi) is 5.69. The lowest BCUT2D eigenvalue weighted by Crippen LogP contribution is -2.16. The summed E-state index contributed by atoms with van der Waals surface area (Å²) in [6, 6.07) is 15.0. The predicted octanol–water partition coefficient (Wildman–Crippen LogP) is 3.43. The van der Waals surface area contributed by atoms with Crippen LogP contribution >= 0.6 is 15.9 Å². The molecule has 25 heavy (non-hydrogen) atoms. The molecule has 1 aromatic carbocycles. The van der Waals surface area contributed by atoms with Gasteiger partial charge in [-0.2, -0.15) is 0 Å². The average Bonchev–Trinajstić information content (AvgIpc) is 2.64. The molecule has 2 heterocycles. The third-order valence-electron chi connectivity index (χ3n) is 3.44. The first-order valence-corrected chi connectivity index (χ1v) is 8.50. The quantitative estimate of drug-likeness (QED) is 0.665. The summed E-state index contributed by atoms with van der Waals surface area (Å²) in [6.07, 6.45) is 3.79. The number of pyridine rings is 1. The summed E-state index contributed by atoms with van der Waals surface area (Å²) in [5, 5.41) is 14.0. The summed E-state index contributed by atoms with van der Waals surface area (Å²) in [6.45, 7) is 0.607. The number of anilines is 2. The Hall–Kier alpha value is -2.80. The van der Waals surface area contributed by atoms with E-state index in [0.717, 1.165) is 15.6 Å². The Morgan fingerprint density at radius 2 is 1.80 bits per heavy atom. The minimum Gasteiger partial charge on any atom is -0.364 e. The Balaban J connectivity index is 1.53. The maximum Gasteiger partial charge on any atom is 0.230 e. The highest BCUT2D eigenvalue weighted by molar-refractivity contribution is 9.10. The van der Waals surface area contributed by atoms with E-state index in [9.17, 15) is 4.79 Å². The first-order valence-electron chi connectivity index (χ1n) is 7.70. The molecule has 0 fully saturated rings. The highest BCUT2D eigenvalue weighted by Gasteiger charge is 2.08. The van der Waals surface area contributed by atoms with Crippen LogP contribution in [-0.2, 0) is 17.8 Å². The highest BCUT2D eigenvalue weighted by atomic mass is 79.9. The van der Waals surface area contributed by atoms with Gasteiger partial charge in [0, 0.05) is 23.4 Å². The summed E-state index contributed by atoms with van der Waals surface area (Å²) in [5.41, 5.74) is 1.97. The maximum atomic E-state index is 12.1. The number of benzene rings is 1. The maximum absolute atomic E-state index is 12.1. The number of nitrogens with one attached hydrogen (secondary N) is 2. The molecule has 0 spiro atoms. The molecule has 0 aliphatic heterocycles. The molecule has 0 saturated carbocycles. The van der Waals surface area contributed by atoms with Crippen LogP contribution in [0.1, 0.15) is 11.1 Å². The molecule has 3 aromatic rings. The summed E-state index contributed by atoms with van der Waals surface area (Å²) < 4.78 is 0.909. The van der Waals surface area contributed by atoms with Crippen molar-refractivity contribution < 1.29 is 4.79 Å². The Morgan fingerprint density at radius 3 is 2.52 bits per heavy atom. The van der Waals surface area contributed by atoms with Gasteiger partial charge in [-0.05, 0) is 35.4 Å². The first-order chi connectivity index (χ1) is 12.2. The molecule has 0 radical (unpaired) electrons. The molecule has 0 aliphatic carbocycles. The number of rotatable bonds is 6. The number of amides is 1. The van der Waals surface area contributed by atoms with Crippen LogP contribution in [0.2, 0.25) is 0 Å². The summed E-state index contributed by atoms with van der Waals surface area (Å²) in [5.74, 6) is 0.911. The SMILES string of the molecule is O=C(Cc1ccccc1Br)Nc1ccc(NCc2cccnc2)nn1. The van der Waals surface area contributed by atoms with Crippen LogP contribution in [0.4, 0.5) is 11.6 Å². The van der Waals surface area contributed by atoms with Gasteiger partial charge in [0.05, 0.1) is 6.42 Å². The molecular formula is C18H16BrN5O. The first kappa shape index (κ1) is 17.0. The van der Waals surface area contributed by atoms with Crippen molar-refractivity contribution in [2.75, 3.05) is 10.6 Å². The van der Waals surface area contributed by atoms with Gasteiger partial charge in [0.2, 0.25) is 5.91 Å². The van der Waals surface area contributed by atoms with Crippen molar-refractivity contribution in [2.24, 2.45) is 0 Å². The minimum absolute atomic E-state index is 0.141. The Morgan fingerprint density at radius 1 is 1.00 bits per heavy atom. The van der Waals surface area contributed by atoms with E-state index in [2.05, 4.69) is 41.7 Å². The van der Waals surface area contributed by atoms with Gasteiger partial charge in [-0.25, -0.2) is 0 Å². The average molecular weight is 398 g/mol. The molecule has 0 aliphatic rings. The molecule has 2 N–H and O–H groups in total. The second-order valence-electron chi connectivity index (χ2n) is 5.34. The van der Waals surface area contributed by atoms with Gasteiger partial charge >= 0.3 is 0 Å². The molecule has 7 heteroatoms. The molecule has 0 bridgehead atoms. The van der Waals surface area contributed by atoms with E-state index in [1.165, 1.54) is 0 Å². The molecule has 126 valence electrons. The number of aromatic nitrogens is 3. The van der Waals surface area contributed by atoms with Gasteiger partial charge in [-0.1, -0.05) is 40.2 Å². The summed E-state index contributed by atoms with van der Waals surface area (Å²) in [7, 11) is 0. The Labute approximate surface area is 153 Å². The zero-order valence-corrected chi connectivity index (χ0v) is 14.9. The Bertz CT molecular complexity index is 840. The van der Waals surface area contributed by atoms with Crippen LogP contribution in [-0.4, -0.2) is 21.1 Å². The van der Waals surface area contributed by atoms with Gasteiger partial charge in [0.25, 0.3) is 0 Å². The minimum atomic E-state index is -0.141. The topological polar surface area (TPSA) is 79.8 Å². The zero-order chi connectivity index (χ0) is 17.5. The molecule has 0 unspecified atom stereocenters. The van der Waals surface area contributed by atoms with Crippen LogP contribution in [0.25, 0.3) is 0 Å². The monoisotopic (exact) mass is 397 g/mol. The number of carbonyl (C=O) groups is 1. The normalized spacial score (nSPS) is 10.3. The summed E-state index contributed by atoms with van der Waals surface area (Å²) >= 11 is 3.44. The van der Waals surface area contributed by atoms with Crippen molar-refractivity contribution in [2.45, 2.75) is 13.0 Å². The second kappa shape index (κ2) is 8.34. The van der Waals surface area contributed by atoms with Crippen molar-refractivity contribution in [3.05, 3.63) is 76.5 Å². The highest BCUT2D eigenvalue weighted by Crippen LogP contribution is 2.17. The van der Waals surface area contributed by atoms with Gasteiger partial charge in [0.15, 0.2) is 5.82 Å². The third kappa shape index (κ3) is 5.09. The van der Waals surface area contributed by atoms with Crippen LogP contribution < -0.4 is 10.6 Å². The van der Waals surface area contributed by atoms with Crippen molar-refractivity contribution in [1.29, 1.82) is 0 Å². The molecule has 0 saturated heterocycles. The molecule has 0 atom stereocenters. The fourth-order valence-corrected chi connectivity index (χ4v) is 2.62. The number of halogens is 1. The lowest BCUT2D eigenvalue weighted by Gasteiger charge is -2.07. The number of nitrogens with zero attached hydrogens (tertiary/aromatic N) is 3. The van der Waals surface area contributed by atoms with Crippen molar-refractivity contribution in [3.63, 3.8) is 0 Å². The van der Waals surface area contributed by atoms with E-state index in [-0.39, 0.29) is 12.3 Å². The molecular weight excluding hydrogens is 382 g/mol. The van der Waals surface area contributed by atoms with Crippen molar-refractivity contribution in [1.82, 2.24) is 15.2 Å². The van der Waals surface area contributed by atoms with E-state index in [1.54, 1.807) is 24.5 Å². The van der Waals surface area contributed by atoms with E-state index in [1.807, 2.05) is 36.4 Å². The van der Waals surface area contributed by atoms with E-state index in [0.29, 0.717) is 18.2 Å². The van der Waals surface area contributed by atoms with Crippen molar-refractivity contribution in [3.8, 4) is 0 Å². The number of hydrogen-bond acceptors (Lipinski definition) is 5. The predicted molar refractivity (Wildman–Crippen MR) is 100 cm³/mol. The fourth-order valence-electron chi connectivity index (χ4n) is 2.19. The van der Waals surface area contributed by atoms with Crippen LogP contribution in [0.3, 0.4) is 0 Å². The van der Waals surface area contributed by atoms with Gasteiger partial charge in [0.1, 0.15) is 5.82 Å². The van der Waals surface area contributed by atoms with Gasteiger partial charge < -0.3 is 10.6 Å². The third-order valence-corrected chi connectivity index (χ3v) is 4.21. The fraction of sp³-hybridized carbons (Fsp3) is 0.111. The largest absolute Gasteiger partial charge is 0.364 e. The smallest absolute Gasteiger partial charge is 0.230 e. The van der Waals surface area contributed by atoms with Crippen LogP contribution in [0.15, 0.2) is 65.4 Å². The molecule has 2 aromatic heterocycles. The molecule has 1 amide bonds. The van der Waals surface area contributed by atoms with Crippen LogP contribution in [0, 0.1) is 0 Å². The van der Waals surface area contributed by atoms with Crippen molar-refractivity contribution >= 4 is 33.5 Å². The van der Waals surface area contributed by atoms with Gasteiger partial charge in [-0.3, -0.25) is 9.78 Å². The lowest BCUT2D eigenvalue weighted by molar-refractivity contribution is -0.115. The molecule has 6 nitrogen and oxygen atoms in total. The lowest BCUT2D eigenvalue weighted by atomic mass is 10.1. The standard InChI is InChI=1S/C18H16BrN5O/c19-15-6-2-1-5-14(15)10-18(25)22-17-8-7-16(23-24-17)21-12-13-4-3-9-20-11-13/h1-9,11H,10,12H2,(H,21,23)(H,22,24,25). The molecule has 3 rings (SSSR count). The second-order valence-corrected chi connectivity index (χ2v) is 6.19. The summed E-state index contributed by atoms with van der Waals surface area (Å²) in [4.78, 5) is 16.2. The number of hydrogen-bond donors (Lipinski definition) is 2. The van der Waals surface area contributed by atoms with Crippen LogP contribution in [0.5, 0.6) is 0 Å². The van der Waals surface area contributed by atoms with Gasteiger partial charge in [-0.15, -0.1) is 10.2 Å². The number of carbonyl (C=O) groups excluding carboxylic acids is 1. The van der Waals surface area contributed by atoms with E-state index >= 15 is 0 Å². The van der Waals surface area contributed by atoms with E-state index < -0.39 is 0 Å². The van der Waals surface area contributed by atoms with E-state index in [4.69, 9.17) is 0 Å².